The summed E-state index contributed by atoms with van der Waals surface area (Å²) in [6, 6.07) is 14.9. The average molecular weight is 264 g/mol. The molecule has 0 unspecified atom stereocenters. The number of benzene rings is 2. The molecule has 98 valence electrons. The molecule has 0 spiro atoms. The van der Waals surface area contributed by atoms with Crippen molar-refractivity contribution in [2.75, 3.05) is 0 Å². The summed E-state index contributed by atoms with van der Waals surface area (Å²) in [7, 11) is 0. The summed E-state index contributed by atoms with van der Waals surface area (Å²) in [5.74, 6) is -1.79. The summed E-state index contributed by atoms with van der Waals surface area (Å²) in [5, 5.41) is 0. The van der Waals surface area contributed by atoms with Crippen LogP contribution in [-0.4, -0.2) is 12.0 Å². The van der Waals surface area contributed by atoms with Gasteiger partial charge in [0.1, 0.15) is 0 Å². The number of hydrogen-bond donors (Lipinski definition) is 0. The number of carbonyl (C=O) groups is 1. The zero-order valence-electron chi connectivity index (χ0n) is 9.95. The molecule has 0 N–H and O–H groups in total. The van der Waals surface area contributed by atoms with Crippen molar-refractivity contribution >= 4 is 5.78 Å². The second-order valence-electron chi connectivity index (χ2n) is 4.15. The first-order valence-electron chi connectivity index (χ1n) is 5.72. The SMILES string of the molecule is O=C(c1ccccc1Cc1ccccc1)C(F)(F)F. The summed E-state index contributed by atoms with van der Waals surface area (Å²) < 4.78 is 37.5. The Kier molecular flexibility index (Phi) is 3.69. The molecule has 0 fully saturated rings. The number of hydrogen-bond acceptors (Lipinski definition) is 1. The van der Waals surface area contributed by atoms with Gasteiger partial charge < -0.3 is 0 Å². The van der Waals surface area contributed by atoms with E-state index >= 15 is 0 Å². The first-order chi connectivity index (χ1) is 8.98. The molecule has 0 atom stereocenters. The van der Waals surface area contributed by atoms with Crippen molar-refractivity contribution in [3.8, 4) is 0 Å². The molecule has 0 aromatic heterocycles. The van der Waals surface area contributed by atoms with Crippen LogP contribution in [0.5, 0.6) is 0 Å². The zero-order chi connectivity index (χ0) is 13.9. The molecular formula is C15H11F3O. The van der Waals surface area contributed by atoms with Crippen LogP contribution >= 0.6 is 0 Å². The van der Waals surface area contributed by atoms with Crippen LogP contribution in [0, 0.1) is 0 Å². The van der Waals surface area contributed by atoms with Crippen molar-refractivity contribution in [1.29, 1.82) is 0 Å². The molecular weight excluding hydrogens is 253 g/mol. The molecule has 2 aromatic carbocycles. The molecule has 0 saturated heterocycles. The molecule has 0 radical (unpaired) electrons. The van der Waals surface area contributed by atoms with E-state index in [0.717, 1.165) is 5.56 Å². The van der Waals surface area contributed by atoms with Gasteiger partial charge in [0.05, 0.1) is 0 Å². The Morgan fingerprint density at radius 1 is 0.895 bits per heavy atom. The van der Waals surface area contributed by atoms with Gasteiger partial charge in [-0.2, -0.15) is 13.2 Å². The highest BCUT2D eigenvalue weighted by atomic mass is 19.4. The van der Waals surface area contributed by atoms with Crippen molar-refractivity contribution in [3.05, 3.63) is 71.3 Å². The Bertz CT molecular complexity index is 573. The van der Waals surface area contributed by atoms with Gasteiger partial charge in [-0.25, -0.2) is 0 Å². The lowest BCUT2D eigenvalue weighted by Gasteiger charge is -2.10. The van der Waals surface area contributed by atoms with Gasteiger partial charge in [-0.1, -0.05) is 54.6 Å². The highest BCUT2D eigenvalue weighted by Gasteiger charge is 2.40. The summed E-state index contributed by atoms with van der Waals surface area (Å²) >= 11 is 0. The third-order valence-electron chi connectivity index (χ3n) is 2.76. The molecule has 0 heterocycles. The van der Waals surface area contributed by atoms with Crippen LogP contribution in [0.3, 0.4) is 0 Å². The van der Waals surface area contributed by atoms with Crippen LogP contribution < -0.4 is 0 Å². The van der Waals surface area contributed by atoms with Gasteiger partial charge in [0.15, 0.2) is 0 Å². The molecule has 2 aromatic rings. The summed E-state index contributed by atoms with van der Waals surface area (Å²) in [5.41, 5.74) is 0.972. The quantitative estimate of drug-likeness (QED) is 0.765. The van der Waals surface area contributed by atoms with E-state index in [1.54, 1.807) is 12.1 Å². The van der Waals surface area contributed by atoms with E-state index in [4.69, 9.17) is 0 Å². The predicted molar refractivity (Wildman–Crippen MR) is 66.1 cm³/mol. The number of rotatable bonds is 3. The van der Waals surface area contributed by atoms with Gasteiger partial charge in [0, 0.05) is 5.56 Å². The van der Waals surface area contributed by atoms with E-state index in [-0.39, 0.29) is 5.56 Å². The normalized spacial score (nSPS) is 11.3. The Labute approximate surface area is 108 Å². The van der Waals surface area contributed by atoms with Crippen LogP contribution in [0.1, 0.15) is 21.5 Å². The lowest BCUT2D eigenvalue weighted by atomic mass is 9.97. The third-order valence-corrected chi connectivity index (χ3v) is 2.76. The first-order valence-corrected chi connectivity index (χ1v) is 5.72. The molecule has 0 amide bonds. The van der Waals surface area contributed by atoms with Crippen molar-refractivity contribution in [2.24, 2.45) is 0 Å². The Morgan fingerprint density at radius 3 is 2.11 bits per heavy atom. The maximum Gasteiger partial charge on any atom is 0.454 e. The minimum Gasteiger partial charge on any atom is -0.284 e. The highest BCUT2D eigenvalue weighted by molar-refractivity contribution is 6.01. The van der Waals surface area contributed by atoms with Crippen LogP contribution in [0.2, 0.25) is 0 Å². The maximum absolute atomic E-state index is 12.5. The maximum atomic E-state index is 12.5. The zero-order valence-corrected chi connectivity index (χ0v) is 9.95. The second kappa shape index (κ2) is 5.26. The third kappa shape index (κ3) is 3.22. The van der Waals surface area contributed by atoms with Crippen LogP contribution in [0.25, 0.3) is 0 Å². The lowest BCUT2D eigenvalue weighted by molar-refractivity contribution is -0.0885. The largest absolute Gasteiger partial charge is 0.454 e. The topological polar surface area (TPSA) is 17.1 Å². The molecule has 19 heavy (non-hydrogen) atoms. The van der Waals surface area contributed by atoms with E-state index in [9.17, 15) is 18.0 Å². The summed E-state index contributed by atoms with van der Waals surface area (Å²) in [6.07, 6.45) is -4.54. The number of Topliss-reactive ketones (excluding diaryl/α,β-unsaturated/α-hetero) is 1. The fraction of sp³-hybridized carbons (Fsp3) is 0.133. The van der Waals surface area contributed by atoms with E-state index in [2.05, 4.69) is 0 Å². The monoisotopic (exact) mass is 264 g/mol. The standard InChI is InChI=1S/C15H11F3O/c16-15(17,18)14(19)13-9-5-4-8-12(13)10-11-6-2-1-3-7-11/h1-9H,10H2. The Balaban J connectivity index is 2.35. The molecule has 0 aliphatic heterocycles. The van der Waals surface area contributed by atoms with Crippen molar-refractivity contribution in [1.82, 2.24) is 0 Å². The van der Waals surface area contributed by atoms with Crippen molar-refractivity contribution in [3.63, 3.8) is 0 Å². The van der Waals surface area contributed by atoms with E-state index in [1.807, 2.05) is 30.3 Å². The number of alkyl halides is 3. The van der Waals surface area contributed by atoms with E-state index in [1.165, 1.54) is 12.1 Å². The average Bonchev–Trinajstić information content (AvgIpc) is 2.39. The van der Waals surface area contributed by atoms with Crippen LogP contribution in [0.15, 0.2) is 54.6 Å². The van der Waals surface area contributed by atoms with Gasteiger partial charge in [-0.05, 0) is 17.5 Å². The Hall–Kier alpha value is -2.10. The molecule has 1 nitrogen and oxygen atoms in total. The number of carbonyl (C=O) groups excluding carboxylic acids is 1. The van der Waals surface area contributed by atoms with Crippen molar-refractivity contribution < 1.29 is 18.0 Å². The summed E-state index contributed by atoms with van der Waals surface area (Å²) in [6.45, 7) is 0. The molecule has 0 bridgehead atoms. The van der Waals surface area contributed by atoms with Crippen LogP contribution in [-0.2, 0) is 6.42 Å². The van der Waals surface area contributed by atoms with E-state index in [0.29, 0.717) is 12.0 Å². The highest BCUT2D eigenvalue weighted by Crippen LogP contribution is 2.24. The van der Waals surface area contributed by atoms with E-state index < -0.39 is 12.0 Å². The van der Waals surface area contributed by atoms with Gasteiger partial charge in [-0.15, -0.1) is 0 Å². The lowest BCUT2D eigenvalue weighted by Crippen LogP contribution is -2.24. The Morgan fingerprint density at radius 2 is 1.47 bits per heavy atom. The smallest absolute Gasteiger partial charge is 0.284 e. The minimum atomic E-state index is -4.84. The number of ketones is 1. The van der Waals surface area contributed by atoms with Crippen LogP contribution in [0.4, 0.5) is 13.2 Å². The molecule has 2 rings (SSSR count). The predicted octanol–water partition coefficient (Wildman–Crippen LogP) is 4.02. The molecule has 0 aliphatic carbocycles. The fourth-order valence-corrected chi connectivity index (χ4v) is 1.86. The van der Waals surface area contributed by atoms with Gasteiger partial charge in [0.2, 0.25) is 0 Å². The fourth-order valence-electron chi connectivity index (χ4n) is 1.86. The number of halogens is 3. The minimum absolute atomic E-state index is 0.279. The van der Waals surface area contributed by atoms with Gasteiger partial charge in [-0.3, -0.25) is 4.79 Å². The van der Waals surface area contributed by atoms with Gasteiger partial charge >= 0.3 is 6.18 Å². The summed E-state index contributed by atoms with van der Waals surface area (Å²) in [4.78, 5) is 11.4. The second-order valence-corrected chi connectivity index (χ2v) is 4.15. The van der Waals surface area contributed by atoms with Gasteiger partial charge in [0.25, 0.3) is 5.78 Å². The van der Waals surface area contributed by atoms with Crippen molar-refractivity contribution in [2.45, 2.75) is 12.6 Å². The molecule has 4 heteroatoms. The molecule has 0 saturated carbocycles. The molecule has 0 aliphatic rings. The first kappa shape index (κ1) is 13.3.